The van der Waals surface area contributed by atoms with Gasteiger partial charge in [-0.25, -0.2) is 8.42 Å². The van der Waals surface area contributed by atoms with Gasteiger partial charge >= 0.3 is 6.18 Å². The minimum atomic E-state index is -4.91. The number of nitro groups is 1. The summed E-state index contributed by atoms with van der Waals surface area (Å²) in [7, 11) is -4.80. The number of para-hydroxylation sites is 2. The maximum Gasteiger partial charge on any atom is 0.405 e. The number of nitrogens with zero attached hydrogens (tertiary/aromatic N) is 1. The van der Waals surface area contributed by atoms with Crippen LogP contribution in [0.3, 0.4) is 0 Å². The van der Waals surface area contributed by atoms with Crippen LogP contribution in [0.1, 0.15) is 5.56 Å². The highest BCUT2D eigenvalue weighted by molar-refractivity contribution is 7.89. The maximum absolute atomic E-state index is 13.5. The van der Waals surface area contributed by atoms with Crippen LogP contribution in [0.15, 0.2) is 59.6 Å². The molecule has 1 aromatic heterocycles. The van der Waals surface area contributed by atoms with E-state index in [9.17, 15) is 31.7 Å². The van der Waals surface area contributed by atoms with Gasteiger partial charge < -0.3 is 4.98 Å². The van der Waals surface area contributed by atoms with Crippen LogP contribution in [0.2, 0.25) is 0 Å². The van der Waals surface area contributed by atoms with E-state index in [2.05, 4.69) is 4.98 Å². The molecule has 7 nitrogen and oxygen atoms in total. The Bertz CT molecular complexity index is 1130. The number of aromatic amines is 1. The molecule has 0 aliphatic carbocycles. The van der Waals surface area contributed by atoms with Crippen molar-refractivity contribution in [2.75, 3.05) is 0 Å². The summed E-state index contributed by atoms with van der Waals surface area (Å²) in [5.41, 5.74) is 0.0752. The first-order chi connectivity index (χ1) is 13.1. The molecular formula is C17H14F3N3O4S. The van der Waals surface area contributed by atoms with Gasteiger partial charge in [0.2, 0.25) is 10.0 Å². The second-order valence-electron chi connectivity index (χ2n) is 6.00. The first-order valence-electron chi connectivity index (χ1n) is 7.97. The van der Waals surface area contributed by atoms with Crippen molar-refractivity contribution in [1.82, 2.24) is 9.71 Å². The van der Waals surface area contributed by atoms with Crippen molar-refractivity contribution in [1.29, 1.82) is 0 Å². The average Bonchev–Trinajstić information content (AvgIpc) is 3.03. The van der Waals surface area contributed by atoms with Crippen LogP contribution in [-0.4, -0.2) is 30.5 Å². The fraction of sp³-hybridized carbons (Fsp3) is 0.176. The van der Waals surface area contributed by atoms with Crippen LogP contribution in [0.5, 0.6) is 0 Å². The third-order valence-corrected chi connectivity index (χ3v) is 5.66. The van der Waals surface area contributed by atoms with Crippen LogP contribution in [0.25, 0.3) is 10.9 Å². The third-order valence-electron chi connectivity index (χ3n) is 4.14. The Morgan fingerprint density at radius 1 is 1.11 bits per heavy atom. The number of alkyl halides is 3. The molecule has 0 aliphatic rings. The van der Waals surface area contributed by atoms with E-state index in [1.807, 2.05) is 0 Å². The molecule has 11 heteroatoms. The summed E-state index contributed by atoms with van der Waals surface area (Å²) in [6, 6.07) is 8.42. The van der Waals surface area contributed by atoms with Gasteiger partial charge in [0.25, 0.3) is 5.69 Å². The molecule has 1 unspecified atom stereocenters. The number of nitro benzene ring substituents is 1. The highest BCUT2D eigenvalue weighted by atomic mass is 32.2. The van der Waals surface area contributed by atoms with Crippen molar-refractivity contribution in [3.05, 3.63) is 70.4 Å². The largest absolute Gasteiger partial charge is 0.405 e. The summed E-state index contributed by atoms with van der Waals surface area (Å²) < 4.78 is 67.2. The monoisotopic (exact) mass is 413 g/mol. The normalized spacial score (nSPS) is 13.5. The topological polar surface area (TPSA) is 105 Å². The fourth-order valence-corrected chi connectivity index (χ4v) is 4.22. The summed E-state index contributed by atoms with van der Waals surface area (Å²) in [5.74, 6) is 0. The van der Waals surface area contributed by atoms with E-state index in [0.717, 1.165) is 12.1 Å². The number of fused-ring (bicyclic) bond motifs is 1. The first kappa shape index (κ1) is 19.8. The summed E-state index contributed by atoms with van der Waals surface area (Å²) >= 11 is 0. The number of hydrogen-bond acceptors (Lipinski definition) is 4. The maximum atomic E-state index is 13.5. The molecule has 28 heavy (non-hydrogen) atoms. The van der Waals surface area contributed by atoms with Crippen molar-refractivity contribution in [3.8, 4) is 0 Å². The van der Waals surface area contributed by atoms with Crippen molar-refractivity contribution in [2.24, 2.45) is 0 Å². The fourth-order valence-electron chi connectivity index (χ4n) is 2.83. The summed E-state index contributed by atoms with van der Waals surface area (Å²) in [6.45, 7) is 0. The molecule has 1 heterocycles. The van der Waals surface area contributed by atoms with E-state index >= 15 is 0 Å². The zero-order valence-electron chi connectivity index (χ0n) is 14.1. The summed E-state index contributed by atoms with van der Waals surface area (Å²) in [5, 5.41) is 11.6. The Morgan fingerprint density at radius 3 is 2.43 bits per heavy atom. The van der Waals surface area contributed by atoms with Crippen LogP contribution in [0, 0.1) is 10.1 Å². The van der Waals surface area contributed by atoms with Gasteiger partial charge in [0.05, 0.1) is 4.92 Å². The Morgan fingerprint density at radius 2 is 1.75 bits per heavy atom. The number of sulfonamides is 1. The molecule has 2 aromatic carbocycles. The molecule has 0 amide bonds. The quantitative estimate of drug-likeness (QED) is 0.476. The second kappa shape index (κ2) is 7.24. The molecular weight excluding hydrogens is 399 g/mol. The standard InChI is InChI=1S/C17H14F3N3O4S/c18-17(19,20)16(9-11-10-21-13-6-2-1-5-12(11)13)22-28(26,27)15-8-4-3-7-14(15)23(24)25/h1-8,10,16,21-22H,9H2. The molecule has 0 aliphatic heterocycles. The number of nitrogens with one attached hydrogen (secondary N) is 2. The number of benzene rings is 2. The molecule has 3 aromatic rings. The summed E-state index contributed by atoms with van der Waals surface area (Å²) in [6.07, 6.45) is -4.20. The van der Waals surface area contributed by atoms with Crippen LogP contribution in [-0.2, 0) is 16.4 Å². The molecule has 0 spiro atoms. The van der Waals surface area contributed by atoms with E-state index < -0.39 is 44.2 Å². The van der Waals surface area contributed by atoms with Crippen LogP contribution in [0.4, 0.5) is 18.9 Å². The van der Waals surface area contributed by atoms with Crippen molar-refractivity contribution >= 4 is 26.6 Å². The molecule has 0 fully saturated rings. The highest BCUT2D eigenvalue weighted by Crippen LogP contribution is 2.29. The number of H-pyrrole nitrogens is 1. The minimum absolute atomic E-state index is 0.267. The number of halogens is 3. The lowest BCUT2D eigenvalue weighted by atomic mass is 10.1. The predicted octanol–water partition coefficient (Wildman–Crippen LogP) is 3.53. The van der Waals surface area contributed by atoms with E-state index in [1.54, 1.807) is 29.0 Å². The van der Waals surface area contributed by atoms with E-state index in [1.165, 1.54) is 18.3 Å². The van der Waals surface area contributed by atoms with Gasteiger partial charge in [0.1, 0.15) is 6.04 Å². The van der Waals surface area contributed by atoms with Crippen LogP contribution < -0.4 is 4.72 Å². The minimum Gasteiger partial charge on any atom is -0.361 e. The summed E-state index contributed by atoms with van der Waals surface area (Å²) in [4.78, 5) is 12.1. The molecule has 1 atom stereocenters. The lowest BCUT2D eigenvalue weighted by Gasteiger charge is -2.21. The number of hydrogen-bond donors (Lipinski definition) is 2. The highest BCUT2D eigenvalue weighted by Gasteiger charge is 2.43. The first-order valence-corrected chi connectivity index (χ1v) is 9.45. The zero-order chi connectivity index (χ0) is 20.5. The van der Waals surface area contributed by atoms with Crippen molar-refractivity contribution < 1.29 is 26.5 Å². The molecule has 148 valence electrons. The third kappa shape index (κ3) is 3.99. The zero-order valence-corrected chi connectivity index (χ0v) is 14.9. The van der Waals surface area contributed by atoms with E-state index in [0.29, 0.717) is 10.9 Å². The Balaban J connectivity index is 1.97. The lowest BCUT2D eigenvalue weighted by molar-refractivity contribution is -0.387. The van der Waals surface area contributed by atoms with Gasteiger partial charge in [-0.2, -0.15) is 17.9 Å². The number of rotatable bonds is 6. The second-order valence-corrected chi connectivity index (χ2v) is 7.69. The SMILES string of the molecule is O=[N+]([O-])c1ccccc1S(=O)(=O)NC(Cc1c[nH]c2ccccc12)C(F)(F)F. The smallest absolute Gasteiger partial charge is 0.361 e. The number of aromatic nitrogens is 1. The van der Waals surface area contributed by atoms with E-state index in [-0.39, 0.29) is 5.56 Å². The average molecular weight is 413 g/mol. The Kier molecular flexibility index (Phi) is 5.13. The van der Waals surface area contributed by atoms with Crippen molar-refractivity contribution in [2.45, 2.75) is 23.5 Å². The van der Waals surface area contributed by atoms with E-state index in [4.69, 9.17) is 0 Å². The molecule has 0 saturated heterocycles. The van der Waals surface area contributed by atoms with Gasteiger partial charge in [-0.05, 0) is 24.1 Å². The predicted molar refractivity (Wildman–Crippen MR) is 95.3 cm³/mol. The molecule has 0 radical (unpaired) electrons. The van der Waals surface area contributed by atoms with Crippen molar-refractivity contribution in [3.63, 3.8) is 0 Å². The lowest BCUT2D eigenvalue weighted by Crippen LogP contribution is -2.46. The Labute approximate surface area is 157 Å². The van der Waals surface area contributed by atoms with Gasteiger partial charge in [0, 0.05) is 23.2 Å². The molecule has 0 bridgehead atoms. The molecule has 0 saturated carbocycles. The molecule has 2 N–H and O–H groups in total. The molecule has 3 rings (SSSR count). The van der Waals surface area contributed by atoms with Gasteiger partial charge in [-0.15, -0.1) is 0 Å². The van der Waals surface area contributed by atoms with Gasteiger partial charge in [-0.1, -0.05) is 30.3 Å². The van der Waals surface area contributed by atoms with Gasteiger partial charge in [0.15, 0.2) is 4.90 Å². The van der Waals surface area contributed by atoms with Gasteiger partial charge in [-0.3, -0.25) is 10.1 Å². The Hall–Kier alpha value is -2.92. The van der Waals surface area contributed by atoms with Crippen LogP contribution >= 0.6 is 0 Å².